The van der Waals surface area contributed by atoms with Crippen LogP contribution in [0.4, 0.5) is 0 Å². The van der Waals surface area contributed by atoms with Crippen LogP contribution in [0.15, 0.2) is 123 Å². The fraction of sp³-hybridized carbons (Fsp3) is 0.321. The third-order valence-electron chi connectivity index (χ3n) is 11.9. The molecule has 7 rings (SSSR count). The maximum absolute atomic E-state index is 13.6. The van der Waals surface area contributed by atoms with Crippen LogP contribution in [0.2, 0.25) is 0 Å². The Bertz CT molecular complexity index is 2560. The van der Waals surface area contributed by atoms with Crippen molar-refractivity contribution in [3.63, 3.8) is 0 Å². The van der Waals surface area contributed by atoms with Gasteiger partial charge in [0.15, 0.2) is 17.3 Å². The van der Waals surface area contributed by atoms with Crippen molar-refractivity contribution in [2.75, 3.05) is 0 Å². The minimum absolute atomic E-state index is 0.0508. The molecule has 1 heterocycles. The Morgan fingerprint density at radius 1 is 0.561 bits per heavy atom. The molecule has 4 aromatic carbocycles. The van der Waals surface area contributed by atoms with Gasteiger partial charge in [-0.25, -0.2) is 14.8 Å². The van der Waals surface area contributed by atoms with Gasteiger partial charge in [-0.3, -0.25) is 24.0 Å². The Kier molecular flexibility index (Phi) is 16.0. The van der Waals surface area contributed by atoms with E-state index in [-0.39, 0.29) is 65.3 Å². The molecule has 0 N–H and O–H groups in total. The molecule has 2 fully saturated rings. The van der Waals surface area contributed by atoms with Crippen LogP contribution in [0.5, 0.6) is 17.2 Å². The van der Waals surface area contributed by atoms with E-state index < -0.39 is 29.7 Å². The standard InChI is InChI=1S/C53H52N2O11/c1-3-40(56)32-36-12-10-34(11-13-36)16-30-48(58)63-42-24-18-38(19-25-42)52(60)65-45-28-29-46(51-50(45)54-33-44(55-51)37-8-6-5-7-9-37)66-53(61)39-20-26-43(27-21-39)64-49(59)31-17-35-14-22-41(23-15-35)62-47(57)4-2/h3-15,22-23,28-29,33,38-39,42-43H,1-2,16-21,24-27,30-32H2/t38-,39-,42-,43-. The predicted molar refractivity (Wildman–Crippen MR) is 244 cm³/mol. The zero-order valence-corrected chi connectivity index (χ0v) is 36.7. The zero-order valence-electron chi connectivity index (χ0n) is 36.7. The van der Waals surface area contributed by atoms with Crippen LogP contribution in [0.1, 0.15) is 80.9 Å². The van der Waals surface area contributed by atoms with Crippen LogP contribution in [-0.2, 0) is 57.5 Å². The third-order valence-corrected chi connectivity index (χ3v) is 11.9. The number of carbonyl (C=O) groups excluding carboxylic acids is 6. The Hall–Kier alpha value is -7.28. The van der Waals surface area contributed by atoms with Crippen LogP contribution >= 0.6 is 0 Å². The maximum Gasteiger partial charge on any atom is 0.335 e. The summed E-state index contributed by atoms with van der Waals surface area (Å²) in [5.41, 5.74) is 4.62. The summed E-state index contributed by atoms with van der Waals surface area (Å²) in [6.45, 7) is 6.89. The van der Waals surface area contributed by atoms with Crippen LogP contribution in [0.3, 0.4) is 0 Å². The molecule has 0 spiro atoms. The first-order valence-corrected chi connectivity index (χ1v) is 22.4. The summed E-state index contributed by atoms with van der Waals surface area (Å²) in [6.07, 6.45) is 8.96. The number of hydrogen-bond donors (Lipinski definition) is 0. The first-order valence-electron chi connectivity index (χ1n) is 22.4. The Morgan fingerprint density at radius 2 is 1.06 bits per heavy atom. The van der Waals surface area contributed by atoms with Gasteiger partial charge in [-0.2, -0.15) is 0 Å². The molecule has 1 aromatic heterocycles. The molecule has 0 atom stereocenters. The molecular formula is C53H52N2O11. The number of aryl methyl sites for hydroxylation is 2. The van der Waals surface area contributed by atoms with Gasteiger partial charge in [-0.15, -0.1) is 0 Å². The smallest absolute Gasteiger partial charge is 0.335 e. The molecule has 5 aromatic rings. The van der Waals surface area contributed by atoms with Gasteiger partial charge >= 0.3 is 29.8 Å². The number of allylic oxidation sites excluding steroid dienone is 1. The monoisotopic (exact) mass is 892 g/mol. The highest BCUT2D eigenvalue weighted by atomic mass is 16.6. The number of fused-ring (bicyclic) bond motifs is 1. The molecule has 66 heavy (non-hydrogen) atoms. The summed E-state index contributed by atoms with van der Waals surface area (Å²) in [5.74, 6) is -2.20. The quantitative estimate of drug-likeness (QED) is 0.0464. The van der Waals surface area contributed by atoms with Gasteiger partial charge in [0, 0.05) is 30.9 Å². The number of hydrogen-bond acceptors (Lipinski definition) is 13. The molecule has 2 aliphatic carbocycles. The highest BCUT2D eigenvalue weighted by molar-refractivity contribution is 5.92. The summed E-state index contributed by atoms with van der Waals surface area (Å²) in [7, 11) is 0. The topological polar surface area (TPSA) is 174 Å². The van der Waals surface area contributed by atoms with Crippen LogP contribution in [-0.4, -0.2) is 57.8 Å². The minimum atomic E-state index is -0.549. The van der Waals surface area contributed by atoms with Crippen LogP contribution in [0, 0.1) is 11.8 Å². The molecule has 13 heteroatoms. The highest BCUT2D eigenvalue weighted by Gasteiger charge is 2.32. The van der Waals surface area contributed by atoms with Gasteiger partial charge < -0.3 is 23.7 Å². The van der Waals surface area contributed by atoms with E-state index in [1.165, 1.54) is 6.08 Å². The summed E-state index contributed by atoms with van der Waals surface area (Å²) >= 11 is 0. The van der Waals surface area contributed by atoms with E-state index in [1.807, 2.05) is 54.6 Å². The van der Waals surface area contributed by atoms with E-state index >= 15 is 0 Å². The molecule has 13 nitrogen and oxygen atoms in total. The number of nitrogens with zero attached hydrogens (tertiary/aromatic N) is 2. The van der Waals surface area contributed by atoms with Gasteiger partial charge in [0.2, 0.25) is 0 Å². The number of carbonyl (C=O) groups is 6. The van der Waals surface area contributed by atoms with Crippen molar-refractivity contribution in [1.29, 1.82) is 0 Å². The number of rotatable bonds is 18. The molecule has 0 aliphatic heterocycles. The summed E-state index contributed by atoms with van der Waals surface area (Å²) < 4.78 is 28.6. The normalized spacial score (nSPS) is 18.0. The van der Waals surface area contributed by atoms with Crippen molar-refractivity contribution in [2.24, 2.45) is 11.8 Å². The van der Waals surface area contributed by atoms with Gasteiger partial charge in [0.1, 0.15) is 29.0 Å². The molecule has 2 saturated carbocycles. The molecule has 0 radical (unpaired) electrons. The molecule has 340 valence electrons. The van der Waals surface area contributed by atoms with E-state index in [9.17, 15) is 28.8 Å². The van der Waals surface area contributed by atoms with Crippen molar-refractivity contribution in [3.8, 4) is 28.5 Å². The average Bonchev–Trinajstić information content (AvgIpc) is 3.34. The molecule has 0 saturated heterocycles. The van der Waals surface area contributed by atoms with Gasteiger partial charge in [0.25, 0.3) is 0 Å². The lowest BCUT2D eigenvalue weighted by Crippen LogP contribution is -2.30. The van der Waals surface area contributed by atoms with Crippen molar-refractivity contribution < 1.29 is 52.5 Å². The lowest BCUT2D eigenvalue weighted by atomic mass is 9.87. The van der Waals surface area contributed by atoms with Crippen molar-refractivity contribution in [1.82, 2.24) is 9.97 Å². The Morgan fingerprint density at radius 3 is 1.58 bits per heavy atom. The third kappa shape index (κ3) is 12.9. The molecular weight excluding hydrogens is 841 g/mol. The second-order valence-corrected chi connectivity index (χ2v) is 16.6. The molecule has 2 aliphatic rings. The van der Waals surface area contributed by atoms with Gasteiger partial charge in [-0.1, -0.05) is 79.9 Å². The molecule has 0 unspecified atom stereocenters. The first kappa shape index (κ1) is 46.7. The number of aromatic nitrogens is 2. The van der Waals surface area contributed by atoms with Crippen molar-refractivity contribution >= 4 is 46.7 Å². The summed E-state index contributed by atoms with van der Waals surface area (Å²) in [6, 6.07) is 27.0. The highest BCUT2D eigenvalue weighted by Crippen LogP contribution is 2.36. The Balaban J connectivity index is 0.908. The second kappa shape index (κ2) is 22.6. The Labute approximate surface area is 383 Å². The largest absolute Gasteiger partial charge is 0.462 e. The van der Waals surface area contributed by atoms with Crippen molar-refractivity contribution in [2.45, 2.75) is 95.7 Å². The minimum Gasteiger partial charge on any atom is -0.462 e. The van der Waals surface area contributed by atoms with E-state index in [2.05, 4.69) is 18.1 Å². The fourth-order valence-corrected chi connectivity index (χ4v) is 8.14. The fourth-order valence-electron chi connectivity index (χ4n) is 8.14. The number of ether oxygens (including phenoxy) is 5. The number of ketones is 1. The first-order chi connectivity index (χ1) is 32.0. The zero-order chi connectivity index (χ0) is 46.4. The van der Waals surface area contributed by atoms with E-state index in [1.54, 1.807) is 42.6 Å². The molecule has 0 amide bonds. The lowest BCUT2D eigenvalue weighted by Gasteiger charge is -2.27. The summed E-state index contributed by atoms with van der Waals surface area (Å²) in [5, 5.41) is 0. The summed E-state index contributed by atoms with van der Waals surface area (Å²) in [4.78, 5) is 85.2. The van der Waals surface area contributed by atoms with Gasteiger partial charge in [-0.05, 0) is 111 Å². The van der Waals surface area contributed by atoms with Crippen LogP contribution < -0.4 is 14.2 Å². The molecule has 0 bridgehead atoms. The SMILES string of the molecule is C=CC(=O)Cc1ccc(CCC(=O)O[C@H]2CC[C@H](C(=O)Oc3ccc(OC(=O)[C@H]4CC[C@H](OC(=O)CCc5ccc(OC(=O)C=C)cc5)CC4)c4nc(-c5ccccc5)cnc34)CC2)cc1. The second-order valence-electron chi connectivity index (χ2n) is 16.6. The van der Waals surface area contributed by atoms with E-state index in [0.29, 0.717) is 82.1 Å². The van der Waals surface area contributed by atoms with Crippen molar-refractivity contribution in [3.05, 3.63) is 139 Å². The average molecular weight is 893 g/mol. The number of esters is 5. The van der Waals surface area contributed by atoms with E-state index in [0.717, 1.165) is 28.3 Å². The van der Waals surface area contributed by atoms with Gasteiger partial charge in [0.05, 0.1) is 23.7 Å². The van der Waals surface area contributed by atoms with Crippen LogP contribution in [0.25, 0.3) is 22.3 Å². The number of benzene rings is 4. The maximum atomic E-state index is 13.6. The lowest BCUT2D eigenvalue weighted by molar-refractivity contribution is -0.153. The van der Waals surface area contributed by atoms with E-state index in [4.69, 9.17) is 28.7 Å². The predicted octanol–water partition coefficient (Wildman–Crippen LogP) is 8.97.